The van der Waals surface area contributed by atoms with Crippen molar-refractivity contribution < 1.29 is 9.53 Å². The van der Waals surface area contributed by atoms with Crippen molar-refractivity contribution in [2.75, 3.05) is 7.11 Å². The van der Waals surface area contributed by atoms with Gasteiger partial charge in [-0.2, -0.15) is 4.98 Å². The number of imidazole rings is 1. The van der Waals surface area contributed by atoms with Crippen molar-refractivity contribution in [3.8, 4) is 17.3 Å². The molecule has 0 aliphatic rings. The van der Waals surface area contributed by atoms with Crippen LogP contribution in [0.3, 0.4) is 0 Å². The van der Waals surface area contributed by atoms with Crippen LogP contribution in [0.25, 0.3) is 11.4 Å². The molecule has 0 fully saturated rings. The molecule has 0 saturated heterocycles. The molecular weight excluding hydrogens is 228 g/mol. The number of aldehydes is 1. The van der Waals surface area contributed by atoms with Gasteiger partial charge in [0.25, 0.3) is 0 Å². The largest absolute Gasteiger partial charge is 0.480 e. The Balaban J connectivity index is 2.47. The van der Waals surface area contributed by atoms with Crippen LogP contribution in [0, 0.1) is 0 Å². The number of nitrogens with zero attached hydrogens (tertiary/aromatic N) is 2. The fraction of sp³-hybridized carbons (Fsp3) is 0.286. The minimum absolute atomic E-state index is 0.294. The first-order chi connectivity index (χ1) is 8.65. The molecule has 0 saturated carbocycles. The van der Waals surface area contributed by atoms with Crippen molar-refractivity contribution in [1.82, 2.24) is 9.55 Å². The van der Waals surface area contributed by atoms with Gasteiger partial charge < -0.3 is 9.30 Å². The minimum Gasteiger partial charge on any atom is -0.480 e. The SMILES string of the molecule is COc1cn(C(C)C)c(-c2ccc(C=O)cc2)n1. The maximum Gasteiger partial charge on any atom is 0.231 e. The van der Waals surface area contributed by atoms with E-state index in [4.69, 9.17) is 4.74 Å². The second kappa shape index (κ2) is 5.04. The average molecular weight is 244 g/mol. The standard InChI is InChI=1S/C14H16N2O2/c1-10(2)16-8-13(18-3)15-14(16)12-6-4-11(9-17)5-7-12/h4-10H,1-3H3. The first kappa shape index (κ1) is 12.4. The van der Waals surface area contributed by atoms with Gasteiger partial charge >= 0.3 is 0 Å². The quantitative estimate of drug-likeness (QED) is 0.777. The topological polar surface area (TPSA) is 44.1 Å². The molecule has 0 radical (unpaired) electrons. The summed E-state index contributed by atoms with van der Waals surface area (Å²) < 4.78 is 7.21. The second-order valence-corrected chi connectivity index (χ2v) is 4.35. The Labute approximate surface area is 106 Å². The molecule has 1 heterocycles. The fourth-order valence-corrected chi connectivity index (χ4v) is 1.79. The summed E-state index contributed by atoms with van der Waals surface area (Å²) in [5.74, 6) is 1.44. The molecule has 0 N–H and O–H groups in total. The molecule has 18 heavy (non-hydrogen) atoms. The van der Waals surface area contributed by atoms with E-state index in [9.17, 15) is 4.79 Å². The van der Waals surface area contributed by atoms with Crippen molar-refractivity contribution >= 4 is 6.29 Å². The fourth-order valence-electron chi connectivity index (χ4n) is 1.79. The molecule has 2 rings (SSSR count). The summed E-state index contributed by atoms with van der Waals surface area (Å²) >= 11 is 0. The van der Waals surface area contributed by atoms with Crippen LogP contribution in [-0.4, -0.2) is 22.9 Å². The van der Waals surface area contributed by atoms with E-state index in [1.165, 1.54) is 0 Å². The molecule has 0 spiro atoms. The van der Waals surface area contributed by atoms with Crippen molar-refractivity contribution in [1.29, 1.82) is 0 Å². The molecule has 0 bridgehead atoms. The van der Waals surface area contributed by atoms with Gasteiger partial charge in [0.05, 0.1) is 13.3 Å². The maximum absolute atomic E-state index is 10.6. The Hall–Kier alpha value is -2.10. The molecule has 94 valence electrons. The molecule has 0 amide bonds. The third kappa shape index (κ3) is 2.27. The number of methoxy groups -OCH3 is 1. The maximum atomic E-state index is 10.6. The van der Waals surface area contributed by atoms with E-state index in [1.54, 1.807) is 19.2 Å². The lowest BCUT2D eigenvalue weighted by Crippen LogP contribution is -2.01. The number of benzene rings is 1. The van der Waals surface area contributed by atoms with E-state index in [1.807, 2.05) is 18.3 Å². The van der Waals surface area contributed by atoms with Gasteiger partial charge in [0.15, 0.2) is 0 Å². The third-order valence-electron chi connectivity index (χ3n) is 2.78. The van der Waals surface area contributed by atoms with Gasteiger partial charge in [0, 0.05) is 17.2 Å². The van der Waals surface area contributed by atoms with E-state index in [-0.39, 0.29) is 0 Å². The highest BCUT2D eigenvalue weighted by Gasteiger charge is 2.12. The van der Waals surface area contributed by atoms with Gasteiger partial charge in [-0.1, -0.05) is 24.3 Å². The number of hydrogen-bond donors (Lipinski definition) is 0. The highest BCUT2D eigenvalue weighted by molar-refractivity contribution is 5.76. The van der Waals surface area contributed by atoms with E-state index < -0.39 is 0 Å². The van der Waals surface area contributed by atoms with Gasteiger partial charge in [-0.05, 0) is 13.8 Å². The summed E-state index contributed by atoms with van der Waals surface area (Å²) in [4.78, 5) is 15.1. The number of rotatable bonds is 4. The van der Waals surface area contributed by atoms with Gasteiger partial charge in [-0.3, -0.25) is 4.79 Å². The normalized spacial score (nSPS) is 10.7. The predicted octanol–water partition coefficient (Wildman–Crippen LogP) is 2.95. The first-order valence-corrected chi connectivity index (χ1v) is 5.84. The van der Waals surface area contributed by atoms with Crippen molar-refractivity contribution in [2.45, 2.75) is 19.9 Å². The number of hydrogen-bond acceptors (Lipinski definition) is 3. The smallest absolute Gasteiger partial charge is 0.231 e. The molecule has 2 aromatic rings. The number of ether oxygens (including phenoxy) is 1. The van der Waals surface area contributed by atoms with Crippen molar-refractivity contribution in [3.05, 3.63) is 36.0 Å². The zero-order valence-corrected chi connectivity index (χ0v) is 10.8. The van der Waals surface area contributed by atoms with Gasteiger partial charge in [-0.25, -0.2) is 0 Å². The first-order valence-electron chi connectivity index (χ1n) is 5.84. The predicted molar refractivity (Wildman–Crippen MR) is 70.0 cm³/mol. The molecule has 4 heteroatoms. The van der Waals surface area contributed by atoms with Crippen molar-refractivity contribution in [3.63, 3.8) is 0 Å². The summed E-state index contributed by atoms with van der Waals surface area (Å²) in [6.45, 7) is 4.18. The lowest BCUT2D eigenvalue weighted by Gasteiger charge is -2.10. The number of carbonyl (C=O) groups is 1. The average Bonchev–Trinajstić information content (AvgIpc) is 2.83. The highest BCUT2D eigenvalue weighted by Crippen LogP contribution is 2.25. The lowest BCUT2D eigenvalue weighted by molar-refractivity contribution is 0.112. The molecule has 0 unspecified atom stereocenters. The van der Waals surface area contributed by atoms with E-state index in [0.29, 0.717) is 17.5 Å². The Morgan fingerprint density at radius 1 is 1.28 bits per heavy atom. The Kier molecular flexibility index (Phi) is 3.46. The van der Waals surface area contributed by atoms with Gasteiger partial charge in [0.2, 0.25) is 5.88 Å². The van der Waals surface area contributed by atoms with Crippen molar-refractivity contribution in [2.24, 2.45) is 0 Å². The van der Waals surface area contributed by atoms with Crippen LogP contribution in [-0.2, 0) is 0 Å². The van der Waals surface area contributed by atoms with Crippen LogP contribution < -0.4 is 4.74 Å². The van der Waals surface area contributed by atoms with E-state index in [2.05, 4.69) is 23.4 Å². The van der Waals surface area contributed by atoms with E-state index in [0.717, 1.165) is 17.7 Å². The lowest BCUT2D eigenvalue weighted by atomic mass is 10.1. The summed E-state index contributed by atoms with van der Waals surface area (Å²) in [7, 11) is 1.60. The monoisotopic (exact) mass is 244 g/mol. The van der Waals surface area contributed by atoms with Crippen LogP contribution in [0.5, 0.6) is 5.88 Å². The van der Waals surface area contributed by atoms with Crippen LogP contribution >= 0.6 is 0 Å². The Bertz CT molecular complexity index is 541. The molecule has 0 atom stereocenters. The Morgan fingerprint density at radius 3 is 2.44 bits per heavy atom. The van der Waals surface area contributed by atoms with Crippen LogP contribution in [0.15, 0.2) is 30.5 Å². The summed E-state index contributed by atoms with van der Waals surface area (Å²) in [5, 5.41) is 0. The molecule has 1 aromatic heterocycles. The second-order valence-electron chi connectivity index (χ2n) is 4.35. The summed E-state index contributed by atoms with van der Waals surface area (Å²) in [6, 6.07) is 7.65. The molecule has 1 aromatic carbocycles. The van der Waals surface area contributed by atoms with Gasteiger partial charge in [-0.15, -0.1) is 0 Å². The third-order valence-corrected chi connectivity index (χ3v) is 2.78. The van der Waals surface area contributed by atoms with Crippen LogP contribution in [0.4, 0.5) is 0 Å². The Morgan fingerprint density at radius 2 is 1.94 bits per heavy atom. The highest BCUT2D eigenvalue weighted by atomic mass is 16.5. The number of aromatic nitrogens is 2. The molecule has 0 aliphatic carbocycles. The molecule has 0 aliphatic heterocycles. The molecule has 4 nitrogen and oxygen atoms in total. The minimum atomic E-state index is 0.294. The zero-order chi connectivity index (χ0) is 13.1. The van der Waals surface area contributed by atoms with E-state index >= 15 is 0 Å². The van der Waals surface area contributed by atoms with Gasteiger partial charge in [0.1, 0.15) is 12.1 Å². The summed E-state index contributed by atoms with van der Waals surface area (Å²) in [6.07, 6.45) is 2.72. The summed E-state index contributed by atoms with van der Waals surface area (Å²) in [5.41, 5.74) is 1.63. The van der Waals surface area contributed by atoms with Crippen LogP contribution in [0.2, 0.25) is 0 Å². The zero-order valence-electron chi connectivity index (χ0n) is 10.8. The molecular formula is C14H16N2O2. The number of carbonyl (C=O) groups excluding carboxylic acids is 1. The van der Waals surface area contributed by atoms with Crippen LogP contribution in [0.1, 0.15) is 30.2 Å².